The summed E-state index contributed by atoms with van der Waals surface area (Å²) in [6.07, 6.45) is 4.65. The second-order valence-electron chi connectivity index (χ2n) is 5.87. The van der Waals surface area contributed by atoms with Gasteiger partial charge < -0.3 is 14.8 Å². The lowest BCUT2D eigenvalue weighted by atomic mass is 10.1. The summed E-state index contributed by atoms with van der Waals surface area (Å²) in [4.78, 5) is 29.9. The SMILES string of the molecule is Cn1ccnc1[C@@H](NC(=O)CN1CCCC1=O)c1cccc(F)c1. The van der Waals surface area contributed by atoms with E-state index in [1.165, 1.54) is 17.0 Å². The first-order valence-corrected chi connectivity index (χ1v) is 7.84. The van der Waals surface area contributed by atoms with E-state index in [1.807, 2.05) is 7.05 Å². The van der Waals surface area contributed by atoms with Crippen LogP contribution in [-0.4, -0.2) is 39.4 Å². The van der Waals surface area contributed by atoms with Gasteiger partial charge in [-0.15, -0.1) is 0 Å². The largest absolute Gasteiger partial charge is 0.341 e. The molecule has 6 nitrogen and oxygen atoms in total. The lowest BCUT2D eigenvalue weighted by Gasteiger charge is -2.21. The number of nitrogens with one attached hydrogen (secondary N) is 1. The summed E-state index contributed by atoms with van der Waals surface area (Å²) in [5.74, 6) is -0.0793. The summed E-state index contributed by atoms with van der Waals surface area (Å²) in [7, 11) is 1.81. The Morgan fingerprint density at radius 1 is 1.46 bits per heavy atom. The molecule has 1 aromatic heterocycles. The Morgan fingerprint density at radius 2 is 2.29 bits per heavy atom. The summed E-state index contributed by atoms with van der Waals surface area (Å²) < 4.78 is 15.4. The van der Waals surface area contributed by atoms with Crippen LogP contribution in [0.4, 0.5) is 4.39 Å². The van der Waals surface area contributed by atoms with Gasteiger partial charge in [-0.3, -0.25) is 9.59 Å². The van der Waals surface area contributed by atoms with E-state index < -0.39 is 6.04 Å². The van der Waals surface area contributed by atoms with E-state index in [0.717, 1.165) is 6.42 Å². The molecule has 3 rings (SSSR count). The third-order valence-electron chi connectivity index (χ3n) is 4.11. The summed E-state index contributed by atoms with van der Waals surface area (Å²) in [6.45, 7) is 0.606. The molecule has 0 spiro atoms. The number of imidazole rings is 1. The fourth-order valence-electron chi connectivity index (χ4n) is 2.89. The fraction of sp³-hybridized carbons (Fsp3) is 0.353. The summed E-state index contributed by atoms with van der Waals surface area (Å²) in [6, 6.07) is 5.48. The Labute approximate surface area is 139 Å². The summed E-state index contributed by atoms with van der Waals surface area (Å²) >= 11 is 0. The molecule has 2 heterocycles. The molecule has 1 atom stereocenters. The van der Waals surface area contributed by atoms with Gasteiger partial charge in [0, 0.05) is 32.4 Å². The molecule has 2 amide bonds. The lowest BCUT2D eigenvalue weighted by Crippen LogP contribution is -2.40. The zero-order valence-electron chi connectivity index (χ0n) is 13.4. The predicted octanol–water partition coefficient (Wildman–Crippen LogP) is 1.39. The summed E-state index contributed by atoms with van der Waals surface area (Å²) in [5, 5.41) is 2.87. The Hall–Kier alpha value is -2.70. The van der Waals surface area contributed by atoms with Gasteiger partial charge in [-0.05, 0) is 24.1 Å². The van der Waals surface area contributed by atoms with Crippen LogP contribution in [0.15, 0.2) is 36.7 Å². The number of hydrogen-bond donors (Lipinski definition) is 1. The number of carbonyl (C=O) groups excluding carboxylic acids is 2. The van der Waals surface area contributed by atoms with Crippen LogP contribution in [0.2, 0.25) is 0 Å². The maximum Gasteiger partial charge on any atom is 0.240 e. The van der Waals surface area contributed by atoms with Crippen molar-refractivity contribution >= 4 is 11.8 Å². The molecule has 7 heteroatoms. The van der Waals surface area contributed by atoms with Gasteiger partial charge in [-0.2, -0.15) is 0 Å². The Bertz CT molecular complexity index is 759. The number of rotatable bonds is 5. The molecule has 1 fully saturated rings. The molecular weight excluding hydrogens is 311 g/mol. The maximum atomic E-state index is 13.6. The van der Waals surface area contributed by atoms with Crippen LogP contribution in [0.3, 0.4) is 0 Å². The van der Waals surface area contributed by atoms with Crippen molar-refractivity contribution in [2.75, 3.05) is 13.1 Å². The molecule has 0 saturated carbocycles. The van der Waals surface area contributed by atoms with Crippen molar-refractivity contribution in [1.29, 1.82) is 0 Å². The topological polar surface area (TPSA) is 67.2 Å². The zero-order chi connectivity index (χ0) is 17.1. The molecule has 1 saturated heterocycles. The van der Waals surface area contributed by atoms with E-state index in [1.54, 1.807) is 29.1 Å². The normalized spacial score (nSPS) is 15.6. The van der Waals surface area contributed by atoms with Gasteiger partial charge in [0.05, 0.1) is 6.54 Å². The van der Waals surface area contributed by atoms with Crippen molar-refractivity contribution in [1.82, 2.24) is 19.8 Å². The summed E-state index contributed by atoms with van der Waals surface area (Å²) in [5.41, 5.74) is 0.602. The third-order valence-corrected chi connectivity index (χ3v) is 4.11. The minimum Gasteiger partial charge on any atom is -0.341 e. The minimum atomic E-state index is -0.578. The number of aryl methyl sites for hydroxylation is 1. The van der Waals surface area contributed by atoms with E-state index in [4.69, 9.17) is 0 Å². The number of amides is 2. The van der Waals surface area contributed by atoms with E-state index in [0.29, 0.717) is 24.4 Å². The van der Waals surface area contributed by atoms with Gasteiger partial charge in [-0.25, -0.2) is 9.37 Å². The molecule has 1 N–H and O–H groups in total. The van der Waals surface area contributed by atoms with Gasteiger partial charge >= 0.3 is 0 Å². The molecule has 1 aromatic carbocycles. The molecular formula is C17H19FN4O2. The number of halogens is 1. The van der Waals surface area contributed by atoms with Gasteiger partial charge in [0.15, 0.2) is 0 Å². The smallest absolute Gasteiger partial charge is 0.240 e. The van der Waals surface area contributed by atoms with Gasteiger partial charge in [0.25, 0.3) is 0 Å². The van der Waals surface area contributed by atoms with Crippen molar-refractivity contribution in [3.8, 4) is 0 Å². The number of hydrogen-bond acceptors (Lipinski definition) is 3. The number of benzene rings is 1. The maximum absolute atomic E-state index is 13.6. The average Bonchev–Trinajstić information content (AvgIpc) is 3.14. The van der Waals surface area contributed by atoms with Crippen molar-refractivity contribution in [3.05, 3.63) is 53.9 Å². The number of aromatic nitrogens is 2. The Morgan fingerprint density at radius 3 is 2.92 bits per heavy atom. The first-order valence-electron chi connectivity index (χ1n) is 7.84. The molecule has 1 aliphatic rings. The van der Waals surface area contributed by atoms with Crippen LogP contribution in [-0.2, 0) is 16.6 Å². The average molecular weight is 330 g/mol. The van der Waals surface area contributed by atoms with Crippen LogP contribution in [0.25, 0.3) is 0 Å². The molecule has 0 unspecified atom stereocenters. The predicted molar refractivity (Wildman–Crippen MR) is 85.4 cm³/mol. The van der Waals surface area contributed by atoms with E-state index in [-0.39, 0.29) is 24.2 Å². The molecule has 0 radical (unpaired) electrons. The highest BCUT2D eigenvalue weighted by atomic mass is 19.1. The highest BCUT2D eigenvalue weighted by Crippen LogP contribution is 2.21. The van der Waals surface area contributed by atoms with Crippen molar-refractivity contribution in [2.24, 2.45) is 7.05 Å². The number of carbonyl (C=O) groups is 2. The van der Waals surface area contributed by atoms with E-state index >= 15 is 0 Å². The van der Waals surface area contributed by atoms with Gasteiger partial charge in [-0.1, -0.05) is 12.1 Å². The molecule has 126 valence electrons. The molecule has 24 heavy (non-hydrogen) atoms. The molecule has 0 aliphatic carbocycles. The number of nitrogens with zero attached hydrogens (tertiary/aromatic N) is 3. The Balaban J connectivity index is 1.81. The van der Waals surface area contributed by atoms with Gasteiger partial charge in [0.1, 0.15) is 17.7 Å². The molecule has 0 bridgehead atoms. The fourth-order valence-corrected chi connectivity index (χ4v) is 2.89. The highest BCUT2D eigenvalue weighted by molar-refractivity contribution is 5.86. The minimum absolute atomic E-state index is 0.00900. The van der Waals surface area contributed by atoms with Crippen LogP contribution in [0.5, 0.6) is 0 Å². The molecule has 2 aromatic rings. The van der Waals surface area contributed by atoms with Gasteiger partial charge in [0.2, 0.25) is 11.8 Å². The monoisotopic (exact) mass is 330 g/mol. The first-order chi connectivity index (χ1) is 11.5. The van der Waals surface area contributed by atoms with Crippen molar-refractivity contribution in [3.63, 3.8) is 0 Å². The van der Waals surface area contributed by atoms with E-state index in [2.05, 4.69) is 10.3 Å². The molecule has 1 aliphatic heterocycles. The first kappa shape index (κ1) is 16.2. The Kier molecular flexibility index (Phi) is 4.59. The zero-order valence-corrected chi connectivity index (χ0v) is 13.4. The number of likely N-dealkylation sites (tertiary alicyclic amines) is 1. The lowest BCUT2D eigenvalue weighted by molar-refractivity contribution is -0.133. The standard InChI is InChI=1S/C17H19FN4O2/c1-21-9-7-19-17(21)16(12-4-2-5-13(18)10-12)20-14(23)11-22-8-3-6-15(22)24/h2,4-5,7,9-10,16H,3,6,8,11H2,1H3,(H,20,23)/t16-/m0/s1. The van der Waals surface area contributed by atoms with Crippen LogP contribution in [0.1, 0.15) is 30.3 Å². The van der Waals surface area contributed by atoms with E-state index in [9.17, 15) is 14.0 Å². The third kappa shape index (κ3) is 3.45. The quantitative estimate of drug-likeness (QED) is 0.901. The highest BCUT2D eigenvalue weighted by Gasteiger charge is 2.25. The van der Waals surface area contributed by atoms with Crippen LogP contribution < -0.4 is 5.32 Å². The van der Waals surface area contributed by atoms with Crippen molar-refractivity contribution in [2.45, 2.75) is 18.9 Å². The second-order valence-corrected chi connectivity index (χ2v) is 5.87. The van der Waals surface area contributed by atoms with Crippen LogP contribution >= 0.6 is 0 Å². The van der Waals surface area contributed by atoms with Crippen molar-refractivity contribution < 1.29 is 14.0 Å². The van der Waals surface area contributed by atoms with Crippen LogP contribution in [0, 0.1) is 5.82 Å². The second kappa shape index (κ2) is 6.82.